The van der Waals surface area contributed by atoms with Crippen LogP contribution >= 0.6 is 0 Å². The van der Waals surface area contributed by atoms with E-state index in [0.717, 1.165) is 5.57 Å². The molecule has 1 heterocycles. The monoisotopic (exact) mass is 208 g/mol. The van der Waals surface area contributed by atoms with Crippen molar-refractivity contribution >= 4 is 5.97 Å². The lowest BCUT2D eigenvalue weighted by atomic mass is 10.2. The summed E-state index contributed by atoms with van der Waals surface area (Å²) in [4.78, 5) is 11.6. The summed E-state index contributed by atoms with van der Waals surface area (Å²) in [5.74, 6) is -0.318. The van der Waals surface area contributed by atoms with E-state index in [9.17, 15) is 4.79 Å². The number of hydrogen-bond donors (Lipinski definition) is 0. The van der Waals surface area contributed by atoms with Crippen molar-refractivity contribution in [2.24, 2.45) is 7.05 Å². The van der Waals surface area contributed by atoms with Gasteiger partial charge in [-0.2, -0.15) is 5.10 Å². The molecule has 0 spiro atoms. The average Bonchev–Trinajstić information content (AvgIpc) is 2.44. The molecule has 0 saturated carbocycles. The summed E-state index contributed by atoms with van der Waals surface area (Å²) in [6.07, 6.45) is 2.36. The van der Waals surface area contributed by atoms with Crippen LogP contribution < -0.4 is 0 Å². The van der Waals surface area contributed by atoms with Gasteiger partial charge in [-0.1, -0.05) is 5.57 Å². The van der Waals surface area contributed by atoms with Crippen LogP contribution in [0, 0.1) is 6.92 Å². The molecular weight excluding hydrogens is 192 g/mol. The maximum absolute atomic E-state index is 11.6. The maximum Gasteiger partial charge on any atom is 0.341 e. The van der Waals surface area contributed by atoms with Gasteiger partial charge in [0.25, 0.3) is 0 Å². The highest BCUT2D eigenvalue weighted by molar-refractivity contribution is 5.90. The summed E-state index contributed by atoms with van der Waals surface area (Å²) in [7, 11) is 1.78. The number of nitrogens with zero attached hydrogens (tertiary/aromatic N) is 2. The molecule has 15 heavy (non-hydrogen) atoms. The molecule has 4 heteroatoms. The maximum atomic E-state index is 11.6. The molecule has 0 aliphatic rings. The summed E-state index contributed by atoms with van der Waals surface area (Å²) in [6.45, 7) is 7.81. The van der Waals surface area contributed by atoms with Crippen LogP contribution in [0.1, 0.15) is 29.4 Å². The number of hydrogen-bond acceptors (Lipinski definition) is 3. The average molecular weight is 208 g/mol. The fourth-order valence-corrected chi connectivity index (χ4v) is 1.20. The second kappa shape index (κ2) is 4.77. The molecule has 0 saturated heterocycles. The van der Waals surface area contributed by atoms with Gasteiger partial charge in [0.15, 0.2) is 0 Å². The van der Waals surface area contributed by atoms with Gasteiger partial charge in [0, 0.05) is 19.7 Å². The normalized spacial score (nSPS) is 10.1. The number of aromatic nitrogens is 2. The van der Waals surface area contributed by atoms with E-state index in [1.807, 2.05) is 6.92 Å². The Balaban J connectivity index is 2.54. The molecule has 0 bridgehead atoms. The Morgan fingerprint density at radius 3 is 2.80 bits per heavy atom. The lowest BCUT2D eigenvalue weighted by Gasteiger charge is -2.02. The van der Waals surface area contributed by atoms with E-state index >= 15 is 0 Å². The van der Waals surface area contributed by atoms with Crippen molar-refractivity contribution < 1.29 is 9.53 Å². The zero-order valence-corrected chi connectivity index (χ0v) is 9.41. The van der Waals surface area contributed by atoms with Crippen LogP contribution in [0.15, 0.2) is 18.3 Å². The van der Waals surface area contributed by atoms with Crippen molar-refractivity contribution in [3.63, 3.8) is 0 Å². The molecule has 0 amide bonds. The Hall–Kier alpha value is -1.58. The predicted molar refractivity (Wildman–Crippen MR) is 57.7 cm³/mol. The Kier molecular flexibility index (Phi) is 3.66. The molecule has 0 N–H and O–H groups in total. The highest BCUT2D eigenvalue weighted by Crippen LogP contribution is 2.07. The minimum atomic E-state index is -0.318. The van der Waals surface area contributed by atoms with Crippen molar-refractivity contribution in [3.8, 4) is 0 Å². The third-order valence-electron chi connectivity index (χ3n) is 2.00. The number of rotatable bonds is 4. The van der Waals surface area contributed by atoms with E-state index in [4.69, 9.17) is 4.74 Å². The van der Waals surface area contributed by atoms with E-state index in [-0.39, 0.29) is 5.97 Å². The Labute approximate surface area is 89.5 Å². The highest BCUT2D eigenvalue weighted by Gasteiger charge is 2.13. The van der Waals surface area contributed by atoms with Crippen molar-refractivity contribution in [1.82, 2.24) is 9.78 Å². The molecule has 0 aromatic carbocycles. The van der Waals surface area contributed by atoms with Crippen molar-refractivity contribution in [1.29, 1.82) is 0 Å². The first-order chi connectivity index (χ1) is 7.00. The molecule has 4 nitrogen and oxygen atoms in total. The smallest absolute Gasteiger partial charge is 0.341 e. The van der Waals surface area contributed by atoms with Crippen LogP contribution in [0.4, 0.5) is 0 Å². The molecule has 0 radical (unpaired) electrons. The van der Waals surface area contributed by atoms with Gasteiger partial charge >= 0.3 is 5.97 Å². The van der Waals surface area contributed by atoms with Crippen LogP contribution in [0.3, 0.4) is 0 Å². The van der Waals surface area contributed by atoms with E-state index in [1.165, 1.54) is 0 Å². The van der Waals surface area contributed by atoms with Gasteiger partial charge < -0.3 is 4.74 Å². The fraction of sp³-hybridized carbons (Fsp3) is 0.455. The molecule has 82 valence electrons. The van der Waals surface area contributed by atoms with E-state index < -0.39 is 0 Å². The van der Waals surface area contributed by atoms with Gasteiger partial charge in [0.1, 0.15) is 5.56 Å². The van der Waals surface area contributed by atoms with Crippen LogP contribution in [-0.4, -0.2) is 22.4 Å². The summed E-state index contributed by atoms with van der Waals surface area (Å²) in [5.41, 5.74) is 2.22. The standard InChI is InChI=1S/C11H16N2O2/c1-8(2)5-6-15-11(14)10-7-13(4)12-9(10)3/h7H,1,5-6H2,2-4H3. The SMILES string of the molecule is C=C(C)CCOC(=O)c1cn(C)nc1C. The van der Waals surface area contributed by atoms with Crippen LogP contribution in [0.2, 0.25) is 0 Å². The van der Waals surface area contributed by atoms with Gasteiger partial charge in [-0.3, -0.25) is 4.68 Å². The fourth-order valence-electron chi connectivity index (χ4n) is 1.20. The summed E-state index contributed by atoms with van der Waals surface area (Å²) in [6, 6.07) is 0. The lowest BCUT2D eigenvalue weighted by molar-refractivity contribution is 0.0508. The van der Waals surface area contributed by atoms with E-state index in [1.54, 1.807) is 24.9 Å². The van der Waals surface area contributed by atoms with Crippen molar-refractivity contribution in [2.75, 3.05) is 6.61 Å². The molecule has 0 fully saturated rings. The van der Waals surface area contributed by atoms with E-state index in [2.05, 4.69) is 11.7 Å². The van der Waals surface area contributed by atoms with Gasteiger partial charge in [0.05, 0.1) is 12.3 Å². The molecule has 0 atom stereocenters. The van der Waals surface area contributed by atoms with Gasteiger partial charge in [-0.15, -0.1) is 6.58 Å². The molecule has 0 unspecified atom stereocenters. The van der Waals surface area contributed by atoms with Crippen molar-refractivity contribution in [2.45, 2.75) is 20.3 Å². The Morgan fingerprint density at radius 2 is 2.33 bits per heavy atom. The van der Waals surface area contributed by atoms with Crippen LogP contribution in [0.25, 0.3) is 0 Å². The van der Waals surface area contributed by atoms with E-state index in [0.29, 0.717) is 24.3 Å². The van der Waals surface area contributed by atoms with Crippen LogP contribution in [0.5, 0.6) is 0 Å². The predicted octanol–water partition coefficient (Wildman–Crippen LogP) is 1.85. The van der Waals surface area contributed by atoms with Gasteiger partial charge in [-0.25, -0.2) is 4.79 Å². The molecule has 1 rings (SSSR count). The van der Waals surface area contributed by atoms with Gasteiger partial charge in [-0.05, 0) is 13.8 Å². The lowest BCUT2D eigenvalue weighted by Crippen LogP contribution is -2.07. The quantitative estimate of drug-likeness (QED) is 0.560. The first kappa shape index (κ1) is 11.5. The first-order valence-corrected chi connectivity index (χ1v) is 4.82. The highest BCUT2D eigenvalue weighted by atomic mass is 16.5. The molecule has 1 aromatic heterocycles. The van der Waals surface area contributed by atoms with Gasteiger partial charge in [0.2, 0.25) is 0 Å². The molecule has 0 aliphatic heterocycles. The minimum Gasteiger partial charge on any atom is -0.462 e. The third kappa shape index (κ3) is 3.23. The Morgan fingerprint density at radius 1 is 1.67 bits per heavy atom. The summed E-state index contributed by atoms with van der Waals surface area (Å²) < 4.78 is 6.68. The van der Waals surface area contributed by atoms with Crippen LogP contribution in [-0.2, 0) is 11.8 Å². The molecule has 1 aromatic rings. The zero-order valence-electron chi connectivity index (χ0n) is 9.41. The number of carbonyl (C=O) groups is 1. The number of aryl methyl sites for hydroxylation is 2. The summed E-state index contributed by atoms with van der Waals surface area (Å²) in [5, 5.41) is 4.07. The number of ether oxygens (including phenoxy) is 1. The summed E-state index contributed by atoms with van der Waals surface area (Å²) >= 11 is 0. The largest absolute Gasteiger partial charge is 0.462 e. The second-order valence-electron chi connectivity index (χ2n) is 3.64. The minimum absolute atomic E-state index is 0.318. The van der Waals surface area contributed by atoms with Crippen molar-refractivity contribution in [3.05, 3.63) is 29.6 Å². The Bertz CT molecular complexity index is 380. The molecular formula is C11H16N2O2. The topological polar surface area (TPSA) is 44.1 Å². The zero-order chi connectivity index (χ0) is 11.4. The second-order valence-corrected chi connectivity index (χ2v) is 3.64. The first-order valence-electron chi connectivity index (χ1n) is 4.82. The number of esters is 1. The number of carbonyl (C=O) groups excluding carboxylic acids is 1. The third-order valence-corrected chi connectivity index (χ3v) is 2.00. The molecule has 0 aliphatic carbocycles.